The summed E-state index contributed by atoms with van der Waals surface area (Å²) < 4.78 is 5.27. The fourth-order valence-electron chi connectivity index (χ4n) is 2.30. The molecule has 0 aromatic heterocycles. The number of benzene rings is 2. The summed E-state index contributed by atoms with van der Waals surface area (Å²) in [5.74, 6) is 0.642. The number of hydrogen-bond donors (Lipinski definition) is 1. The van der Waals surface area contributed by atoms with Crippen molar-refractivity contribution in [2.45, 2.75) is 19.4 Å². The van der Waals surface area contributed by atoms with Crippen LogP contribution in [0.4, 0.5) is 0 Å². The molecule has 0 aliphatic rings. The minimum absolute atomic E-state index is 0.0241. The summed E-state index contributed by atoms with van der Waals surface area (Å²) in [5.41, 5.74) is 2.00. The van der Waals surface area contributed by atoms with E-state index in [0.29, 0.717) is 0 Å². The number of hydrogen-bond acceptors (Lipinski definition) is 2. The molecule has 1 N–H and O–H groups in total. The first-order valence-corrected chi connectivity index (χ1v) is 7.41. The molecule has 0 fully saturated rings. The van der Waals surface area contributed by atoms with E-state index in [0.717, 1.165) is 23.3 Å². The van der Waals surface area contributed by atoms with Crippen molar-refractivity contribution in [3.05, 3.63) is 71.8 Å². The average molecular weight is 295 g/mol. The summed E-state index contributed by atoms with van der Waals surface area (Å²) in [6, 6.07) is 17.6. The van der Waals surface area contributed by atoms with Gasteiger partial charge in [0.15, 0.2) is 0 Å². The van der Waals surface area contributed by atoms with Crippen LogP contribution in [0.5, 0.6) is 5.75 Å². The van der Waals surface area contributed by atoms with Gasteiger partial charge in [-0.2, -0.15) is 0 Å². The lowest BCUT2D eigenvalue weighted by Gasteiger charge is -2.16. The van der Waals surface area contributed by atoms with E-state index in [1.54, 1.807) is 19.3 Å². The first kappa shape index (κ1) is 15.8. The van der Waals surface area contributed by atoms with Crippen LogP contribution in [0.1, 0.15) is 30.5 Å². The molecule has 0 saturated carbocycles. The van der Waals surface area contributed by atoms with Gasteiger partial charge in [-0.3, -0.25) is 4.79 Å². The molecule has 0 bridgehead atoms. The number of rotatable bonds is 6. The van der Waals surface area contributed by atoms with Gasteiger partial charge in [0.2, 0.25) is 5.91 Å². The van der Waals surface area contributed by atoms with E-state index in [-0.39, 0.29) is 11.9 Å². The lowest BCUT2D eigenvalue weighted by molar-refractivity contribution is -0.117. The molecule has 1 atom stereocenters. The Kier molecular flexibility index (Phi) is 5.78. The molecule has 2 rings (SSSR count). The zero-order valence-corrected chi connectivity index (χ0v) is 13.0. The van der Waals surface area contributed by atoms with Gasteiger partial charge in [-0.1, -0.05) is 55.5 Å². The van der Waals surface area contributed by atoms with Gasteiger partial charge in [0.25, 0.3) is 0 Å². The Hall–Kier alpha value is -2.55. The van der Waals surface area contributed by atoms with Crippen LogP contribution in [-0.4, -0.2) is 13.0 Å². The highest BCUT2D eigenvalue weighted by molar-refractivity contribution is 5.92. The molecular formula is C19H21NO2. The van der Waals surface area contributed by atoms with Gasteiger partial charge in [0.1, 0.15) is 5.75 Å². The SMILES string of the molecule is CCC(NC(=O)/C=C/c1ccccc1OC)c1ccccc1. The molecule has 2 aromatic carbocycles. The van der Waals surface area contributed by atoms with Crippen molar-refractivity contribution >= 4 is 12.0 Å². The first-order chi connectivity index (χ1) is 10.7. The number of carbonyl (C=O) groups excluding carboxylic acids is 1. The van der Waals surface area contributed by atoms with E-state index in [1.165, 1.54) is 0 Å². The van der Waals surface area contributed by atoms with Crippen LogP contribution in [0, 0.1) is 0 Å². The summed E-state index contributed by atoms with van der Waals surface area (Å²) in [6.45, 7) is 2.06. The van der Waals surface area contributed by atoms with E-state index in [9.17, 15) is 4.79 Å². The predicted octanol–water partition coefficient (Wildman–Crippen LogP) is 3.98. The van der Waals surface area contributed by atoms with Crippen molar-refractivity contribution in [1.29, 1.82) is 0 Å². The van der Waals surface area contributed by atoms with E-state index < -0.39 is 0 Å². The number of nitrogens with one attached hydrogen (secondary N) is 1. The molecule has 0 aliphatic heterocycles. The van der Waals surface area contributed by atoms with Gasteiger partial charge in [-0.15, -0.1) is 0 Å². The first-order valence-electron chi connectivity index (χ1n) is 7.41. The standard InChI is InChI=1S/C19H21NO2/c1-3-17(15-9-5-4-6-10-15)20-19(21)14-13-16-11-7-8-12-18(16)22-2/h4-14,17H,3H2,1-2H3,(H,20,21)/b14-13+. The third-order valence-electron chi connectivity index (χ3n) is 3.48. The van der Waals surface area contributed by atoms with Crippen LogP contribution in [0.2, 0.25) is 0 Å². The zero-order valence-electron chi connectivity index (χ0n) is 13.0. The smallest absolute Gasteiger partial charge is 0.244 e. The monoisotopic (exact) mass is 295 g/mol. The summed E-state index contributed by atoms with van der Waals surface area (Å²) in [5, 5.41) is 3.02. The van der Waals surface area contributed by atoms with Crippen molar-refractivity contribution in [2.24, 2.45) is 0 Å². The Morgan fingerprint density at radius 2 is 1.82 bits per heavy atom. The Morgan fingerprint density at radius 3 is 2.50 bits per heavy atom. The second-order valence-electron chi connectivity index (χ2n) is 4.96. The maximum absolute atomic E-state index is 12.1. The maximum atomic E-state index is 12.1. The van der Waals surface area contributed by atoms with Crippen LogP contribution in [-0.2, 0) is 4.79 Å². The molecular weight excluding hydrogens is 274 g/mol. The predicted molar refractivity (Wildman–Crippen MR) is 89.6 cm³/mol. The number of para-hydroxylation sites is 1. The normalized spacial score (nSPS) is 12.1. The Labute approximate surface area is 131 Å². The highest BCUT2D eigenvalue weighted by atomic mass is 16.5. The number of amides is 1. The van der Waals surface area contributed by atoms with E-state index in [2.05, 4.69) is 12.2 Å². The quantitative estimate of drug-likeness (QED) is 0.819. The van der Waals surface area contributed by atoms with E-state index >= 15 is 0 Å². The van der Waals surface area contributed by atoms with Crippen LogP contribution in [0.25, 0.3) is 6.08 Å². The Morgan fingerprint density at radius 1 is 1.14 bits per heavy atom. The van der Waals surface area contributed by atoms with Crippen LogP contribution >= 0.6 is 0 Å². The summed E-state index contributed by atoms with van der Waals surface area (Å²) >= 11 is 0. The van der Waals surface area contributed by atoms with Gasteiger partial charge < -0.3 is 10.1 Å². The maximum Gasteiger partial charge on any atom is 0.244 e. The summed E-state index contributed by atoms with van der Waals surface area (Å²) in [6.07, 6.45) is 4.16. The third kappa shape index (κ3) is 4.22. The lowest BCUT2D eigenvalue weighted by atomic mass is 10.0. The molecule has 0 aliphatic carbocycles. The highest BCUT2D eigenvalue weighted by Crippen LogP contribution is 2.19. The van der Waals surface area contributed by atoms with Crippen LogP contribution < -0.4 is 10.1 Å². The fourth-order valence-corrected chi connectivity index (χ4v) is 2.30. The molecule has 0 saturated heterocycles. The largest absolute Gasteiger partial charge is 0.496 e. The van der Waals surface area contributed by atoms with Gasteiger partial charge >= 0.3 is 0 Å². The van der Waals surface area contributed by atoms with E-state index in [4.69, 9.17) is 4.74 Å². The number of methoxy groups -OCH3 is 1. The molecule has 0 spiro atoms. The molecule has 22 heavy (non-hydrogen) atoms. The Balaban J connectivity index is 2.04. The minimum atomic E-state index is -0.110. The number of carbonyl (C=O) groups is 1. The zero-order chi connectivity index (χ0) is 15.8. The summed E-state index contributed by atoms with van der Waals surface area (Å²) in [4.78, 5) is 12.1. The Bertz CT molecular complexity index is 635. The number of ether oxygens (including phenoxy) is 1. The third-order valence-corrected chi connectivity index (χ3v) is 3.48. The van der Waals surface area contributed by atoms with Gasteiger partial charge in [0, 0.05) is 11.6 Å². The molecule has 1 unspecified atom stereocenters. The highest BCUT2D eigenvalue weighted by Gasteiger charge is 2.10. The van der Waals surface area contributed by atoms with Gasteiger partial charge in [-0.25, -0.2) is 0 Å². The van der Waals surface area contributed by atoms with Crippen molar-refractivity contribution in [3.8, 4) is 5.75 Å². The second kappa shape index (κ2) is 8.03. The molecule has 1 amide bonds. The van der Waals surface area contributed by atoms with Crippen molar-refractivity contribution in [2.75, 3.05) is 7.11 Å². The van der Waals surface area contributed by atoms with Crippen LogP contribution in [0.3, 0.4) is 0 Å². The van der Waals surface area contributed by atoms with Crippen LogP contribution in [0.15, 0.2) is 60.7 Å². The molecule has 114 valence electrons. The molecule has 3 nitrogen and oxygen atoms in total. The molecule has 2 aromatic rings. The molecule has 3 heteroatoms. The molecule has 0 heterocycles. The van der Waals surface area contributed by atoms with E-state index in [1.807, 2.05) is 54.6 Å². The van der Waals surface area contributed by atoms with Crippen molar-refractivity contribution < 1.29 is 9.53 Å². The van der Waals surface area contributed by atoms with Gasteiger partial charge in [-0.05, 0) is 24.1 Å². The molecule has 0 radical (unpaired) electrons. The second-order valence-corrected chi connectivity index (χ2v) is 4.96. The lowest BCUT2D eigenvalue weighted by Crippen LogP contribution is -2.26. The average Bonchev–Trinajstić information content (AvgIpc) is 2.58. The topological polar surface area (TPSA) is 38.3 Å². The van der Waals surface area contributed by atoms with Gasteiger partial charge in [0.05, 0.1) is 13.2 Å². The van der Waals surface area contributed by atoms with Crippen molar-refractivity contribution in [3.63, 3.8) is 0 Å². The fraction of sp³-hybridized carbons (Fsp3) is 0.211. The minimum Gasteiger partial charge on any atom is -0.496 e. The van der Waals surface area contributed by atoms with Crippen molar-refractivity contribution in [1.82, 2.24) is 5.32 Å². The summed E-state index contributed by atoms with van der Waals surface area (Å²) in [7, 11) is 1.62.